The highest BCUT2D eigenvalue weighted by molar-refractivity contribution is 5.83. The molecule has 0 spiro atoms. The predicted molar refractivity (Wildman–Crippen MR) is 65.0 cm³/mol. The number of hydrogen-bond acceptors (Lipinski definition) is 4. The number of methoxy groups -OCH3 is 2. The minimum absolute atomic E-state index is 0.108. The van der Waals surface area contributed by atoms with Gasteiger partial charge in [-0.05, 0) is 12.8 Å². The van der Waals surface area contributed by atoms with Crippen molar-refractivity contribution in [2.24, 2.45) is 5.92 Å². The highest BCUT2D eigenvalue weighted by Crippen LogP contribution is 2.26. The average Bonchev–Trinajstić information content (AvgIpc) is 2.97. The maximum Gasteiger partial charge on any atom is 0.149 e. The monoisotopic (exact) mass is 241 g/mol. The number of carbonyl (C=O) groups is 1. The molecule has 0 aromatic carbocycles. The van der Waals surface area contributed by atoms with Gasteiger partial charge in [0, 0.05) is 33.2 Å². The van der Waals surface area contributed by atoms with Crippen LogP contribution >= 0.6 is 0 Å². The van der Waals surface area contributed by atoms with Gasteiger partial charge in [0.1, 0.15) is 5.78 Å². The van der Waals surface area contributed by atoms with Crippen LogP contribution in [0.1, 0.15) is 25.7 Å². The maximum atomic E-state index is 12.1. The van der Waals surface area contributed by atoms with Gasteiger partial charge < -0.3 is 9.47 Å². The van der Waals surface area contributed by atoms with Gasteiger partial charge in [0.25, 0.3) is 0 Å². The maximum absolute atomic E-state index is 12.1. The van der Waals surface area contributed by atoms with E-state index in [0.717, 1.165) is 25.9 Å². The van der Waals surface area contributed by atoms with E-state index in [0.29, 0.717) is 18.2 Å². The third-order valence-corrected chi connectivity index (χ3v) is 4.09. The molecule has 2 fully saturated rings. The Morgan fingerprint density at radius 1 is 1.12 bits per heavy atom. The van der Waals surface area contributed by atoms with Gasteiger partial charge >= 0.3 is 0 Å². The van der Waals surface area contributed by atoms with E-state index in [-0.39, 0.29) is 12.2 Å². The Labute approximate surface area is 103 Å². The lowest BCUT2D eigenvalue weighted by Gasteiger charge is -2.16. The molecule has 98 valence electrons. The first-order valence-electron chi connectivity index (χ1n) is 6.55. The van der Waals surface area contributed by atoms with Crippen LogP contribution in [0.4, 0.5) is 0 Å². The molecular formula is C13H23NO3. The summed E-state index contributed by atoms with van der Waals surface area (Å²) in [5.74, 6) is 0.728. The van der Waals surface area contributed by atoms with E-state index < -0.39 is 0 Å². The summed E-state index contributed by atoms with van der Waals surface area (Å²) in [5.41, 5.74) is 0. The molecule has 0 bridgehead atoms. The lowest BCUT2D eigenvalue weighted by Crippen LogP contribution is -2.32. The molecule has 4 heteroatoms. The van der Waals surface area contributed by atoms with Crippen LogP contribution in [-0.2, 0) is 14.3 Å². The SMILES string of the molecule is COC1CN(CC(=O)C2CCCC2)CC1OC. The Morgan fingerprint density at radius 2 is 1.65 bits per heavy atom. The van der Waals surface area contributed by atoms with E-state index in [4.69, 9.17) is 9.47 Å². The third kappa shape index (κ3) is 3.06. The van der Waals surface area contributed by atoms with Crippen LogP contribution in [0, 0.1) is 5.92 Å². The summed E-state index contributed by atoms with van der Waals surface area (Å²) < 4.78 is 10.7. The fourth-order valence-corrected chi connectivity index (χ4v) is 3.00. The normalized spacial score (nSPS) is 31.2. The van der Waals surface area contributed by atoms with E-state index in [9.17, 15) is 4.79 Å². The summed E-state index contributed by atoms with van der Waals surface area (Å²) in [5, 5.41) is 0. The van der Waals surface area contributed by atoms with Gasteiger partial charge in [-0.2, -0.15) is 0 Å². The molecule has 1 saturated heterocycles. The summed E-state index contributed by atoms with van der Waals surface area (Å²) in [4.78, 5) is 14.2. The quantitative estimate of drug-likeness (QED) is 0.722. The van der Waals surface area contributed by atoms with Gasteiger partial charge in [-0.25, -0.2) is 0 Å². The Kier molecular flexibility index (Phi) is 4.54. The zero-order valence-electron chi connectivity index (χ0n) is 10.9. The number of ketones is 1. The molecule has 17 heavy (non-hydrogen) atoms. The smallest absolute Gasteiger partial charge is 0.149 e. The van der Waals surface area contributed by atoms with E-state index in [2.05, 4.69) is 4.90 Å². The molecule has 0 radical (unpaired) electrons. The topological polar surface area (TPSA) is 38.8 Å². The van der Waals surface area contributed by atoms with Crippen molar-refractivity contribution in [3.63, 3.8) is 0 Å². The van der Waals surface area contributed by atoms with Gasteiger partial charge in [-0.1, -0.05) is 12.8 Å². The summed E-state index contributed by atoms with van der Waals surface area (Å²) in [6.45, 7) is 2.20. The van der Waals surface area contributed by atoms with E-state index in [1.807, 2.05) is 0 Å². The van der Waals surface area contributed by atoms with E-state index in [1.54, 1.807) is 14.2 Å². The fraction of sp³-hybridized carbons (Fsp3) is 0.923. The highest BCUT2D eigenvalue weighted by Gasteiger charge is 2.35. The molecule has 2 unspecified atom stereocenters. The second-order valence-corrected chi connectivity index (χ2v) is 5.19. The molecular weight excluding hydrogens is 218 g/mol. The summed E-state index contributed by atoms with van der Waals surface area (Å²) in [6, 6.07) is 0. The number of nitrogens with zero attached hydrogens (tertiary/aromatic N) is 1. The predicted octanol–water partition coefficient (Wildman–Crippen LogP) is 1.09. The van der Waals surface area contributed by atoms with Crippen LogP contribution in [0.3, 0.4) is 0 Å². The van der Waals surface area contributed by atoms with Gasteiger partial charge in [-0.3, -0.25) is 9.69 Å². The Hall–Kier alpha value is -0.450. The minimum Gasteiger partial charge on any atom is -0.377 e. The molecule has 1 aliphatic heterocycles. The molecule has 0 aromatic rings. The molecule has 0 aromatic heterocycles. The second-order valence-electron chi connectivity index (χ2n) is 5.19. The highest BCUT2D eigenvalue weighted by atomic mass is 16.5. The van der Waals surface area contributed by atoms with Crippen LogP contribution in [0.5, 0.6) is 0 Å². The first kappa shape index (κ1) is 13.0. The number of hydrogen-bond donors (Lipinski definition) is 0. The first-order chi connectivity index (χ1) is 8.24. The van der Waals surface area contributed by atoms with Crippen LogP contribution < -0.4 is 0 Å². The number of rotatable bonds is 5. The lowest BCUT2D eigenvalue weighted by molar-refractivity contribution is -0.123. The molecule has 1 saturated carbocycles. The third-order valence-electron chi connectivity index (χ3n) is 4.09. The number of Topliss-reactive ketones (excluding diaryl/α,β-unsaturated/α-hetero) is 1. The number of likely N-dealkylation sites (tertiary alicyclic amines) is 1. The van der Waals surface area contributed by atoms with Crippen molar-refractivity contribution in [2.75, 3.05) is 33.9 Å². The summed E-state index contributed by atoms with van der Waals surface area (Å²) >= 11 is 0. The lowest BCUT2D eigenvalue weighted by atomic mass is 10.0. The van der Waals surface area contributed by atoms with E-state index >= 15 is 0 Å². The molecule has 4 nitrogen and oxygen atoms in total. The van der Waals surface area contributed by atoms with Crippen molar-refractivity contribution in [3.8, 4) is 0 Å². The van der Waals surface area contributed by atoms with Gasteiger partial charge in [-0.15, -0.1) is 0 Å². The molecule has 1 aliphatic carbocycles. The van der Waals surface area contributed by atoms with Crippen molar-refractivity contribution in [3.05, 3.63) is 0 Å². The summed E-state index contributed by atoms with van der Waals surface area (Å²) in [7, 11) is 3.41. The molecule has 0 amide bonds. The van der Waals surface area contributed by atoms with Gasteiger partial charge in [0.2, 0.25) is 0 Å². The second kappa shape index (κ2) is 5.94. The fourth-order valence-electron chi connectivity index (χ4n) is 3.00. The van der Waals surface area contributed by atoms with Gasteiger partial charge in [0.05, 0.1) is 18.8 Å². The molecule has 2 aliphatic rings. The number of carbonyl (C=O) groups excluding carboxylic acids is 1. The van der Waals surface area contributed by atoms with Crippen molar-refractivity contribution in [1.82, 2.24) is 4.90 Å². The summed E-state index contributed by atoms with van der Waals surface area (Å²) in [6.07, 6.45) is 4.84. The van der Waals surface area contributed by atoms with Crippen molar-refractivity contribution >= 4 is 5.78 Å². The zero-order chi connectivity index (χ0) is 12.3. The van der Waals surface area contributed by atoms with Crippen LogP contribution in [0.15, 0.2) is 0 Å². The Balaban J connectivity index is 1.81. The minimum atomic E-state index is 0.108. The molecule has 1 heterocycles. The van der Waals surface area contributed by atoms with Crippen molar-refractivity contribution in [1.29, 1.82) is 0 Å². The zero-order valence-corrected chi connectivity index (χ0v) is 10.9. The largest absolute Gasteiger partial charge is 0.377 e. The van der Waals surface area contributed by atoms with Gasteiger partial charge in [0.15, 0.2) is 0 Å². The Bertz CT molecular complexity index is 251. The van der Waals surface area contributed by atoms with Crippen LogP contribution in [0.25, 0.3) is 0 Å². The molecule has 2 rings (SSSR count). The van der Waals surface area contributed by atoms with Crippen LogP contribution in [-0.4, -0.2) is 56.7 Å². The molecule has 0 N–H and O–H groups in total. The van der Waals surface area contributed by atoms with Crippen LogP contribution in [0.2, 0.25) is 0 Å². The van der Waals surface area contributed by atoms with Crippen molar-refractivity contribution in [2.45, 2.75) is 37.9 Å². The Morgan fingerprint density at radius 3 is 2.12 bits per heavy atom. The molecule has 2 atom stereocenters. The van der Waals surface area contributed by atoms with E-state index in [1.165, 1.54) is 12.8 Å². The van der Waals surface area contributed by atoms with Crippen molar-refractivity contribution < 1.29 is 14.3 Å². The number of ether oxygens (including phenoxy) is 2. The first-order valence-corrected chi connectivity index (χ1v) is 6.55. The standard InChI is InChI=1S/C13H23NO3/c1-16-12-8-14(9-13(12)17-2)7-11(15)10-5-3-4-6-10/h10,12-13H,3-9H2,1-2H3. The average molecular weight is 241 g/mol.